The number of aliphatic hydroxyl groups excluding tert-OH is 1. The molecule has 1 saturated heterocycles. The third-order valence-corrected chi connectivity index (χ3v) is 3.57. The lowest BCUT2D eigenvalue weighted by Crippen LogP contribution is -2.48. The van der Waals surface area contributed by atoms with Crippen LogP contribution in [0.5, 0.6) is 0 Å². The van der Waals surface area contributed by atoms with E-state index in [-0.39, 0.29) is 12.6 Å². The van der Waals surface area contributed by atoms with Crippen molar-refractivity contribution in [3.63, 3.8) is 0 Å². The van der Waals surface area contributed by atoms with Gasteiger partial charge in [0.1, 0.15) is 13.2 Å². The number of rotatable bonds is 5. The predicted molar refractivity (Wildman–Crippen MR) is 84.0 cm³/mol. The summed E-state index contributed by atoms with van der Waals surface area (Å²) in [5.41, 5.74) is 1.00. The molecule has 0 amide bonds. The third kappa shape index (κ3) is 5.86. The highest BCUT2D eigenvalue weighted by Gasteiger charge is 2.18. The Labute approximate surface area is 131 Å². The number of carbonyl (C=O) groups excluding carboxylic acids is 1. The lowest BCUT2D eigenvalue weighted by Gasteiger charge is -2.32. The predicted octanol–water partition coefficient (Wildman–Crippen LogP) is 0.343. The third-order valence-electron chi connectivity index (χ3n) is 3.57. The van der Waals surface area contributed by atoms with E-state index in [2.05, 4.69) is 21.6 Å². The molecule has 0 saturated carbocycles. The molecule has 1 fully saturated rings. The molecule has 5 nitrogen and oxygen atoms in total. The lowest BCUT2D eigenvalue weighted by molar-refractivity contribution is -0.146. The Kier molecular flexibility index (Phi) is 6.91. The van der Waals surface area contributed by atoms with Crippen LogP contribution >= 0.6 is 0 Å². The zero-order chi connectivity index (χ0) is 15.6. The van der Waals surface area contributed by atoms with Crippen molar-refractivity contribution in [1.29, 1.82) is 0 Å². The fourth-order valence-corrected chi connectivity index (χ4v) is 2.30. The second-order valence-electron chi connectivity index (χ2n) is 5.21. The maximum atomic E-state index is 11.8. The first-order valence-corrected chi connectivity index (χ1v) is 7.49. The molecule has 2 rings (SSSR count). The fraction of sp³-hybridized carbons (Fsp3) is 0.471. The number of esters is 1. The summed E-state index contributed by atoms with van der Waals surface area (Å²) in [6.07, 6.45) is 0. The number of nitrogens with zero attached hydrogens (tertiary/aromatic N) is 2. The summed E-state index contributed by atoms with van der Waals surface area (Å²) < 4.78 is 5.29. The molecule has 22 heavy (non-hydrogen) atoms. The number of piperazine rings is 1. The standard InChI is InChI=1S/C17H22N2O3/c20-13-5-4-8-18-9-11-19(12-10-18)14-17(21)22-15-16-6-2-1-3-7-16/h1-3,6-7,20H,8-15H2. The molecule has 1 N–H and O–H groups in total. The summed E-state index contributed by atoms with van der Waals surface area (Å²) in [6.45, 7) is 4.68. The molecule has 0 radical (unpaired) electrons. The van der Waals surface area contributed by atoms with Gasteiger partial charge in [-0.15, -0.1) is 0 Å². The van der Waals surface area contributed by atoms with Crippen LogP contribution in [0.3, 0.4) is 0 Å². The second kappa shape index (κ2) is 9.21. The number of carbonyl (C=O) groups is 1. The summed E-state index contributed by atoms with van der Waals surface area (Å²) in [6, 6.07) is 9.69. The largest absolute Gasteiger partial charge is 0.460 e. The van der Waals surface area contributed by atoms with Crippen LogP contribution < -0.4 is 0 Å². The van der Waals surface area contributed by atoms with Crippen LogP contribution in [0.15, 0.2) is 30.3 Å². The van der Waals surface area contributed by atoms with Gasteiger partial charge in [-0.25, -0.2) is 0 Å². The van der Waals surface area contributed by atoms with E-state index in [9.17, 15) is 4.79 Å². The maximum absolute atomic E-state index is 11.8. The van der Waals surface area contributed by atoms with E-state index in [0.29, 0.717) is 19.7 Å². The smallest absolute Gasteiger partial charge is 0.320 e. The summed E-state index contributed by atoms with van der Waals surface area (Å²) >= 11 is 0. The minimum absolute atomic E-state index is 0.0901. The summed E-state index contributed by atoms with van der Waals surface area (Å²) in [7, 11) is 0. The molecule has 1 aliphatic heterocycles. The van der Waals surface area contributed by atoms with Gasteiger partial charge in [-0.1, -0.05) is 42.2 Å². The van der Waals surface area contributed by atoms with Crippen molar-refractivity contribution in [2.75, 3.05) is 45.9 Å². The first-order chi connectivity index (χ1) is 10.8. The quantitative estimate of drug-likeness (QED) is 0.628. The number of hydrogen-bond donors (Lipinski definition) is 1. The number of aliphatic hydroxyl groups is 1. The molecule has 0 aromatic heterocycles. The Morgan fingerprint density at radius 1 is 1.09 bits per heavy atom. The van der Waals surface area contributed by atoms with Crippen LogP contribution in [0, 0.1) is 11.8 Å². The van der Waals surface area contributed by atoms with Crippen molar-refractivity contribution in [3.8, 4) is 11.8 Å². The highest BCUT2D eigenvalue weighted by atomic mass is 16.5. The zero-order valence-corrected chi connectivity index (χ0v) is 12.7. The normalized spacial score (nSPS) is 15.9. The van der Waals surface area contributed by atoms with Crippen molar-refractivity contribution < 1.29 is 14.6 Å². The van der Waals surface area contributed by atoms with E-state index in [0.717, 1.165) is 31.7 Å². The Hall–Kier alpha value is -1.87. The monoisotopic (exact) mass is 302 g/mol. The second-order valence-corrected chi connectivity index (χ2v) is 5.21. The molecule has 1 aliphatic rings. The average molecular weight is 302 g/mol. The van der Waals surface area contributed by atoms with Gasteiger partial charge in [0.15, 0.2) is 0 Å². The van der Waals surface area contributed by atoms with Gasteiger partial charge in [0.2, 0.25) is 0 Å². The first-order valence-electron chi connectivity index (χ1n) is 7.49. The molecule has 0 bridgehead atoms. The van der Waals surface area contributed by atoms with Gasteiger partial charge in [0, 0.05) is 26.2 Å². The maximum Gasteiger partial charge on any atom is 0.320 e. The van der Waals surface area contributed by atoms with Crippen LogP contribution in [0.25, 0.3) is 0 Å². The molecule has 118 valence electrons. The SMILES string of the molecule is O=C(CN1CCN(CC#CCO)CC1)OCc1ccccc1. The van der Waals surface area contributed by atoms with Gasteiger partial charge >= 0.3 is 5.97 Å². The van der Waals surface area contributed by atoms with E-state index in [1.165, 1.54) is 0 Å². The van der Waals surface area contributed by atoms with Crippen LogP contribution in [0.2, 0.25) is 0 Å². The van der Waals surface area contributed by atoms with Gasteiger partial charge in [0.25, 0.3) is 0 Å². The Balaban J connectivity index is 1.64. The molecule has 0 spiro atoms. The van der Waals surface area contributed by atoms with Crippen molar-refractivity contribution in [1.82, 2.24) is 9.80 Å². The van der Waals surface area contributed by atoms with Crippen LogP contribution in [-0.2, 0) is 16.1 Å². The molecular weight excluding hydrogens is 280 g/mol. The highest BCUT2D eigenvalue weighted by Crippen LogP contribution is 2.04. The minimum atomic E-state index is -0.183. The van der Waals surface area contributed by atoms with E-state index in [4.69, 9.17) is 9.84 Å². The average Bonchev–Trinajstić information content (AvgIpc) is 2.56. The summed E-state index contributed by atoms with van der Waals surface area (Å²) in [5.74, 6) is 5.38. The first kappa shape index (κ1) is 16.5. The van der Waals surface area contributed by atoms with Crippen LogP contribution in [0.1, 0.15) is 5.56 Å². The summed E-state index contributed by atoms with van der Waals surface area (Å²) in [4.78, 5) is 16.2. The van der Waals surface area contributed by atoms with Crippen molar-refractivity contribution in [2.24, 2.45) is 0 Å². The van der Waals surface area contributed by atoms with Gasteiger partial charge < -0.3 is 9.84 Å². The minimum Gasteiger partial charge on any atom is -0.460 e. The summed E-state index contributed by atoms with van der Waals surface area (Å²) in [5, 5.41) is 8.62. The van der Waals surface area contributed by atoms with Crippen LogP contribution in [-0.4, -0.2) is 66.8 Å². The van der Waals surface area contributed by atoms with E-state index in [1.54, 1.807) is 0 Å². The lowest BCUT2D eigenvalue weighted by atomic mass is 10.2. The van der Waals surface area contributed by atoms with E-state index in [1.807, 2.05) is 30.3 Å². The van der Waals surface area contributed by atoms with Crippen LogP contribution in [0.4, 0.5) is 0 Å². The molecular formula is C17H22N2O3. The molecule has 0 unspecified atom stereocenters. The number of benzene rings is 1. The van der Waals surface area contributed by atoms with Crippen molar-refractivity contribution in [2.45, 2.75) is 6.61 Å². The number of ether oxygens (including phenoxy) is 1. The van der Waals surface area contributed by atoms with E-state index >= 15 is 0 Å². The van der Waals surface area contributed by atoms with Gasteiger partial charge in [0.05, 0.1) is 13.1 Å². The molecule has 1 aromatic rings. The molecule has 1 heterocycles. The van der Waals surface area contributed by atoms with E-state index < -0.39 is 0 Å². The fourth-order valence-electron chi connectivity index (χ4n) is 2.30. The Bertz CT molecular complexity index is 514. The van der Waals surface area contributed by atoms with Gasteiger partial charge in [-0.05, 0) is 5.56 Å². The molecule has 0 aliphatic carbocycles. The molecule has 5 heteroatoms. The van der Waals surface area contributed by atoms with Gasteiger partial charge in [-0.3, -0.25) is 14.6 Å². The van der Waals surface area contributed by atoms with Gasteiger partial charge in [-0.2, -0.15) is 0 Å². The molecule has 0 atom stereocenters. The van der Waals surface area contributed by atoms with Crippen molar-refractivity contribution in [3.05, 3.63) is 35.9 Å². The Morgan fingerprint density at radius 3 is 2.45 bits per heavy atom. The number of hydrogen-bond acceptors (Lipinski definition) is 5. The zero-order valence-electron chi connectivity index (χ0n) is 12.7. The highest BCUT2D eigenvalue weighted by molar-refractivity contribution is 5.71. The Morgan fingerprint density at radius 2 is 1.77 bits per heavy atom. The van der Waals surface area contributed by atoms with Crippen molar-refractivity contribution >= 4 is 5.97 Å². The molecule has 1 aromatic carbocycles. The topological polar surface area (TPSA) is 53.0 Å².